The third-order valence-corrected chi connectivity index (χ3v) is 6.53. The quantitative estimate of drug-likeness (QED) is 0.448. The first-order valence-electron chi connectivity index (χ1n) is 10.7. The highest BCUT2D eigenvalue weighted by Crippen LogP contribution is 2.36. The summed E-state index contributed by atoms with van der Waals surface area (Å²) in [6, 6.07) is 10.3. The van der Waals surface area contributed by atoms with Crippen LogP contribution in [0.2, 0.25) is 0 Å². The van der Waals surface area contributed by atoms with Crippen molar-refractivity contribution in [2.75, 3.05) is 0 Å². The number of imidazole rings is 1. The van der Waals surface area contributed by atoms with Crippen molar-refractivity contribution in [1.82, 2.24) is 14.9 Å². The molecular formula is C24H30BrN3O2. The fourth-order valence-corrected chi connectivity index (χ4v) is 4.93. The number of aromatic nitrogens is 2. The fraction of sp³-hybridized carbons (Fsp3) is 0.500. The minimum Gasteiger partial charge on any atom is -0.444 e. The number of ether oxygens (including phenoxy) is 1. The van der Waals surface area contributed by atoms with Crippen molar-refractivity contribution in [2.24, 2.45) is 5.92 Å². The summed E-state index contributed by atoms with van der Waals surface area (Å²) in [5.41, 5.74) is 1.38. The predicted octanol–water partition coefficient (Wildman–Crippen LogP) is 6.97. The lowest BCUT2D eigenvalue weighted by atomic mass is 10.0. The van der Waals surface area contributed by atoms with E-state index in [-0.39, 0.29) is 18.2 Å². The molecule has 0 saturated heterocycles. The van der Waals surface area contributed by atoms with E-state index in [1.165, 1.54) is 0 Å². The van der Waals surface area contributed by atoms with Gasteiger partial charge < -0.3 is 9.72 Å². The number of carbonyl (C=O) groups excluding carboxylic acids is 1. The molecular weight excluding hydrogens is 442 g/mol. The van der Waals surface area contributed by atoms with E-state index < -0.39 is 5.60 Å². The van der Waals surface area contributed by atoms with Crippen LogP contribution in [0.4, 0.5) is 4.79 Å². The molecule has 2 aromatic carbocycles. The highest BCUT2D eigenvalue weighted by Gasteiger charge is 2.38. The number of hydrogen-bond acceptors (Lipinski definition) is 3. The molecule has 3 atom stereocenters. The first-order valence-corrected chi connectivity index (χ1v) is 11.5. The van der Waals surface area contributed by atoms with E-state index in [4.69, 9.17) is 9.72 Å². The molecule has 6 heteroatoms. The number of aromatic amines is 1. The highest BCUT2D eigenvalue weighted by molar-refractivity contribution is 9.10. The zero-order valence-electron chi connectivity index (χ0n) is 18.3. The number of carbonyl (C=O) groups is 1. The van der Waals surface area contributed by atoms with Gasteiger partial charge in [-0.1, -0.05) is 41.4 Å². The summed E-state index contributed by atoms with van der Waals surface area (Å²) in [5.74, 6) is 1.24. The largest absolute Gasteiger partial charge is 0.444 e. The van der Waals surface area contributed by atoms with Crippen LogP contribution in [-0.2, 0) is 4.74 Å². The van der Waals surface area contributed by atoms with Crippen LogP contribution in [0.1, 0.15) is 65.7 Å². The van der Waals surface area contributed by atoms with E-state index in [1.54, 1.807) is 0 Å². The summed E-state index contributed by atoms with van der Waals surface area (Å²) in [5, 5.41) is 2.24. The van der Waals surface area contributed by atoms with Crippen molar-refractivity contribution < 1.29 is 9.53 Å². The Bertz CT molecular complexity index is 1090. The number of amides is 1. The second-order valence-electron chi connectivity index (χ2n) is 9.49. The third-order valence-electron chi connectivity index (χ3n) is 6.04. The van der Waals surface area contributed by atoms with Crippen molar-refractivity contribution >= 4 is 43.8 Å². The molecule has 0 spiro atoms. The lowest BCUT2D eigenvalue weighted by Crippen LogP contribution is -2.46. The van der Waals surface area contributed by atoms with E-state index in [9.17, 15) is 4.79 Å². The van der Waals surface area contributed by atoms with E-state index in [0.717, 1.165) is 51.4 Å². The Morgan fingerprint density at radius 1 is 1.27 bits per heavy atom. The molecule has 30 heavy (non-hydrogen) atoms. The molecule has 0 aliphatic heterocycles. The maximum absolute atomic E-state index is 13.2. The van der Waals surface area contributed by atoms with Crippen LogP contribution in [0.5, 0.6) is 0 Å². The summed E-state index contributed by atoms with van der Waals surface area (Å²) in [6.07, 6.45) is 3.01. The van der Waals surface area contributed by atoms with E-state index in [1.807, 2.05) is 38.7 Å². The molecule has 4 rings (SSSR count). The lowest BCUT2D eigenvalue weighted by Gasteiger charge is -2.37. The van der Waals surface area contributed by atoms with E-state index in [0.29, 0.717) is 5.92 Å². The van der Waals surface area contributed by atoms with Crippen molar-refractivity contribution in [2.45, 2.75) is 71.6 Å². The van der Waals surface area contributed by atoms with Gasteiger partial charge in [-0.15, -0.1) is 0 Å². The van der Waals surface area contributed by atoms with Crippen LogP contribution in [0.15, 0.2) is 34.8 Å². The molecule has 1 N–H and O–H groups in total. The second kappa shape index (κ2) is 7.88. The van der Waals surface area contributed by atoms with Gasteiger partial charge in [-0.2, -0.15) is 0 Å². The van der Waals surface area contributed by atoms with Gasteiger partial charge in [0.2, 0.25) is 0 Å². The topological polar surface area (TPSA) is 58.2 Å². The molecule has 160 valence electrons. The minimum absolute atomic E-state index is 0.163. The van der Waals surface area contributed by atoms with Gasteiger partial charge in [0.25, 0.3) is 0 Å². The zero-order valence-corrected chi connectivity index (χ0v) is 19.9. The van der Waals surface area contributed by atoms with Gasteiger partial charge in [-0.3, -0.25) is 4.90 Å². The number of H-pyrrole nitrogens is 1. The fourth-order valence-electron chi connectivity index (χ4n) is 4.56. The Hall–Kier alpha value is -2.08. The van der Waals surface area contributed by atoms with Gasteiger partial charge in [-0.05, 0) is 70.0 Å². The predicted molar refractivity (Wildman–Crippen MR) is 125 cm³/mol. The molecule has 1 aromatic heterocycles. The lowest BCUT2D eigenvalue weighted by molar-refractivity contribution is 0.00146. The average molecular weight is 472 g/mol. The normalized spacial score (nSPS) is 20.6. The van der Waals surface area contributed by atoms with Crippen LogP contribution in [0, 0.1) is 5.92 Å². The Balaban J connectivity index is 1.75. The van der Waals surface area contributed by atoms with Crippen molar-refractivity contribution in [3.05, 3.63) is 40.6 Å². The monoisotopic (exact) mass is 471 g/mol. The average Bonchev–Trinajstić information content (AvgIpc) is 3.26. The smallest absolute Gasteiger partial charge is 0.411 e. The van der Waals surface area contributed by atoms with Gasteiger partial charge in [-0.25, -0.2) is 9.78 Å². The van der Waals surface area contributed by atoms with E-state index in [2.05, 4.69) is 52.1 Å². The molecule has 1 aliphatic rings. The van der Waals surface area contributed by atoms with Gasteiger partial charge in [0.1, 0.15) is 11.4 Å². The van der Waals surface area contributed by atoms with Crippen LogP contribution in [0.3, 0.4) is 0 Å². The molecule has 0 radical (unpaired) electrons. The summed E-state index contributed by atoms with van der Waals surface area (Å²) in [6.45, 7) is 10.0. The first kappa shape index (κ1) is 21.2. The van der Waals surface area contributed by atoms with E-state index >= 15 is 0 Å². The van der Waals surface area contributed by atoms with Crippen molar-refractivity contribution in [3.8, 4) is 0 Å². The van der Waals surface area contributed by atoms with Crippen LogP contribution >= 0.6 is 15.9 Å². The van der Waals surface area contributed by atoms with Gasteiger partial charge in [0.15, 0.2) is 0 Å². The SMILES string of the molecule is CC(c1nc2c(ccc3cc(Br)ccc32)[nH]1)N(C(=O)OC(C)(C)C)[C@H]1CCC[C@H]1C. The second-order valence-corrected chi connectivity index (χ2v) is 10.4. The summed E-state index contributed by atoms with van der Waals surface area (Å²) >= 11 is 3.54. The molecule has 1 saturated carbocycles. The number of nitrogens with zero attached hydrogens (tertiary/aromatic N) is 2. The maximum Gasteiger partial charge on any atom is 0.411 e. The number of hydrogen-bond donors (Lipinski definition) is 1. The van der Waals surface area contributed by atoms with Gasteiger partial charge >= 0.3 is 6.09 Å². The number of halogens is 1. The maximum atomic E-state index is 13.2. The Morgan fingerprint density at radius 3 is 2.70 bits per heavy atom. The van der Waals surface area contributed by atoms with Crippen molar-refractivity contribution in [3.63, 3.8) is 0 Å². The molecule has 0 bridgehead atoms. The van der Waals surface area contributed by atoms with Crippen LogP contribution in [-0.4, -0.2) is 32.6 Å². The third kappa shape index (κ3) is 4.07. The molecule has 1 amide bonds. The summed E-state index contributed by atoms with van der Waals surface area (Å²) in [4.78, 5) is 23.6. The number of rotatable bonds is 3. The minimum atomic E-state index is -0.533. The molecule has 5 nitrogen and oxygen atoms in total. The summed E-state index contributed by atoms with van der Waals surface area (Å²) in [7, 11) is 0. The van der Waals surface area contributed by atoms with Gasteiger partial charge in [0, 0.05) is 15.9 Å². The number of benzene rings is 2. The Labute approximate surface area is 186 Å². The zero-order chi connectivity index (χ0) is 21.6. The van der Waals surface area contributed by atoms with Crippen LogP contribution < -0.4 is 0 Å². The number of fused-ring (bicyclic) bond motifs is 3. The molecule has 3 aromatic rings. The van der Waals surface area contributed by atoms with Crippen molar-refractivity contribution in [1.29, 1.82) is 0 Å². The van der Waals surface area contributed by atoms with Gasteiger partial charge in [0.05, 0.1) is 17.1 Å². The molecule has 1 aliphatic carbocycles. The molecule has 1 fully saturated rings. The number of nitrogens with one attached hydrogen (secondary N) is 1. The highest BCUT2D eigenvalue weighted by atomic mass is 79.9. The first-order chi connectivity index (χ1) is 14.1. The molecule has 1 heterocycles. The van der Waals surface area contributed by atoms with Crippen LogP contribution in [0.25, 0.3) is 21.8 Å². The Morgan fingerprint density at radius 2 is 2.03 bits per heavy atom. The standard InChI is InChI=1S/C24H30BrN3O2/c1-14-7-6-8-20(14)28(23(29)30-24(3,4)5)15(2)22-26-19-12-9-16-13-17(25)10-11-18(16)21(19)27-22/h9-15,20H,6-8H2,1-5H3,(H,26,27)/t14-,15?,20+/m1/s1. The molecule has 1 unspecified atom stereocenters. The Kier molecular flexibility index (Phi) is 5.56. The summed E-state index contributed by atoms with van der Waals surface area (Å²) < 4.78 is 6.85.